The molecule has 1 unspecified atom stereocenters. The minimum Gasteiger partial charge on any atom is -0.299 e. The van der Waals surface area contributed by atoms with Crippen LogP contribution in [0.3, 0.4) is 0 Å². The van der Waals surface area contributed by atoms with Crippen LogP contribution in [0.4, 0.5) is 0 Å². The van der Waals surface area contributed by atoms with Crippen molar-refractivity contribution in [2.45, 2.75) is 65.3 Å². The van der Waals surface area contributed by atoms with E-state index in [2.05, 4.69) is 31.7 Å². The summed E-state index contributed by atoms with van der Waals surface area (Å²) in [6, 6.07) is 2.82. The molecule has 0 radical (unpaired) electrons. The van der Waals surface area contributed by atoms with Gasteiger partial charge in [0.2, 0.25) is 0 Å². The molecule has 92 valence electrons. The average Bonchev–Trinajstić information content (AvgIpc) is 2.36. The summed E-state index contributed by atoms with van der Waals surface area (Å²) in [6.07, 6.45) is 7.07. The van der Waals surface area contributed by atoms with E-state index in [1.807, 2.05) is 0 Å². The number of hydrogen-bond acceptors (Lipinski definition) is 2. The first-order valence-corrected chi connectivity index (χ1v) is 6.82. The van der Waals surface area contributed by atoms with Crippen molar-refractivity contribution < 1.29 is 0 Å². The molecule has 0 aliphatic carbocycles. The Balaban J connectivity index is 2.50. The summed E-state index contributed by atoms with van der Waals surface area (Å²) in [5.41, 5.74) is 0.599. The minimum absolute atomic E-state index is 0.497. The van der Waals surface area contributed by atoms with E-state index in [-0.39, 0.29) is 0 Å². The molecule has 0 spiro atoms. The van der Waals surface area contributed by atoms with Gasteiger partial charge in [0.25, 0.3) is 0 Å². The van der Waals surface area contributed by atoms with Crippen molar-refractivity contribution in [3.05, 3.63) is 0 Å². The maximum atomic E-state index is 8.82. The second kappa shape index (κ2) is 6.25. The molecule has 0 aromatic heterocycles. The molecule has 1 rings (SSSR count). The zero-order valence-corrected chi connectivity index (χ0v) is 11.1. The van der Waals surface area contributed by atoms with Crippen LogP contribution in [0, 0.1) is 16.7 Å². The Labute approximate surface area is 101 Å². The van der Waals surface area contributed by atoms with E-state index in [0.717, 1.165) is 6.42 Å². The Morgan fingerprint density at radius 1 is 1.19 bits per heavy atom. The van der Waals surface area contributed by atoms with E-state index in [0.29, 0.717) is 17.9 Å². The minimum atomic E-state index is 0.497. The molecule has 1 aliphatic heterocycles. The highest BCUT2D eigenvalue weighted by molar-refractivity contribution is 4.89. The van der Waals surface area contributed by atoms with Gasteiger partial charge in [-0.25, -0.2) is 0 Å². The average molecular weight is 222 g/mol. The lowest BCUT2D eigenvalue weighted by Gasteiger charge is -2.43. The lowest BCUT2D eigenvalue weighted by atomic mass is 9.74. The predicted octanol–water partition coefficient (Wildman–Crippen LogP) is 3.58. The van der Waals surface area contributed by atoms with Crippen LogP contribution in [-0.2, 0) is 0 Å². The molecule has 0 aromatic rings. The smallest absolute Gasteiger partial charge is 0.0638 e. The number of rotatable bonds is 5. The van der Waals surface area contributed by atoms with E-state index in [1.54, 1.807) is 0 Å². The molecule has 16 heavy (non-hydrogen) atoms. The van der Waals surface area contributed by atoms with E-state index < -0.39 is 0 Å². The highest BCUT2D eigenvalue weighted by Crippen LogP contribution is 2.38. The third-order valence-electron chi connectivity index (χ3n) is 4.67. The molecule has 1 heterocycles. The number of piperidine rings is 1. The standard InChI is InChI=1S/C14H26N2/c1-4-13(7-10-15)16-11-8-14(5-2,6-3)9-12-16/h13H,4-9,11-12H2,1-3H3. The molecule has 1 saturated heterocycles. The highest BCUT2D eigenvalue weighted by atomic mass is 15.2. The number of nitrogens with zero attached hydrogens (tertiary/aromatic N) is 2. The van der Waals surface area contributed by atoms with Crippen LogP contribution in [0.5, 0.6) is 0 Å². The molecule has 1 atom stereocenters. The maximum Gasteiger partial charge on any atom is 0.0638 e. The molecule has 0 bridgehead atoms. The van der Waals surface area contributed by atoms with E-state index in [9.17, 15) is 0 Å². The number of hydrogen-bond donors (Lipinski definition) is 0. The molecule has 2 heteroatoms. The normalized spacial score (nSPS) is 22.6. The first kappa shape index (κ1) is 13.5. The van der Waals surface area contributed by atoms with Crippen molar-refractivity contribution in [3.63, 3.8) is 0 Å². The van der Waals surface area contributed by atoms with Crippen LogP contribution in [0.1, 0.15) is 59.3 Å². The maximum absolute atomic E-state index is 8.82. The second-order valence-corrected chi connectivity index (χ2v) is 5.17. The molecular weight excluding hydrogens is 196 g/mol. The fourth-order valence-corrected chi connectivity index (χ4v) is 2.96. The van der Waals surface area contributed by atoms with Crippen LogP contribution in [-0.4, -0.2) is 24.0 Å². The van der Waals surface area contributed by atoms with Crippen molar-refractivity contribution in [2.75, 3.05) is 13.1 Å². The Kier molecular flexibility index (Phi) is 5.28. The highest BCUT2D eigenvalue weighted by Gasteiger charge is 2.32. The Morgan fingerprint density at radius 2 is 1.75 bits per heavy atom. The molecule has 2 nitrogen and oxygen atoms in total. The van der Waals surface area contributed by atoms with Gasteiger partial charge >= 0.3 is 0 Å². The van der Waals surface area contributed by atoms with Crippen molar-refractivity contribution in [1.82, 2.24) is 4.90 Å². The molecular formula is C14H26N2. The largest absolute Gasteiger partial charge is 0.299 e. The third-order valence-corrected chi connectivity index (χ3v) is 4.67. The molecule has 1 fully saturated rings. The number of nitriles is 1. The molecule has 1 aliphatic rings. The Morgan fingerprint density at radius 3 is 2.12 bits per heavy atom. The van der Waals surface area contributed by atoms with E-state index >= 15 is 0 Å². The predicted molar refractivity (Wildman–Crippen MR) is 68.1 cm³/mol. The summed E-state index contributed by atoms with van der Waals surface area (Å²) < 4.78 is 0. The summed E-state index contributed by atoms with van der Waals surface area (Å²) >= 11 is 0. The van der Waals surface area contributed by atoms with Crippen molar-refractivity contribution in [2.24, 2.45) is 5.41 Å². The summed E-state index contributed by atoms with van der Waals surface area (Å²) in [4.78, 5) is 2.53. The van der Waals surface area contributed by atoms with Gasteiger partial charge < -0.3 is 0 Å². The van der Waals surface area contributed by atoms with Gasteiger partial charge in [0.1, 0.15) is 0 Å². The summed E-state index contributed by atoms with van der Waals surface area (Å²) in [5, 5.41) is 8.82. The van der Waals surface area contributed by atoms with Gasteiger partial charge in [-0.05, 0) is 37.8 Å². The van der Waals surface area contributed by atoms with E-state index in [1.165, 1.54) is 38.8 Å². The molecule has 0 aromatic carbocycles. The Hall–Kier alpha value is -0.550. The van der Waals surface area contributed by atoms with E-state index in [4.69, 9.17) is 5.26 Å². The zero-order valence-electron chi connectivity index (χ0n) is 11.1. The lowest BCUT2D eigenvalue weighted by molar-refractivity contribution is 0.0658. The van der Waals surface area contributed by atoms with Gasteiger partial charge in [-0.1, -0.05) is 33.6 Å². The van der Waals surface area contributed by atoms with Crippen LogP contribution in [0.2, 0.25) is 0 Å². The number of likely N-dealkylation sites (tertiary alicyclic amines) is 1. The summed E-state index contributed by atoms with van der Waals surface area (Å²) in [5.74, 6) is 0. The monoisotopic (exact) mass is 222 g/mol. The fourth-order valence-electron chi connectivity index (χ4n) is 2.96. The first-order chi connectivity index (χ1) is 7.71. The van der Waals surface area contributed by atoms with Gasteiger partial charge in [0.05, 0.1) is 12.5 Å². The quantitative estimate of drug-likeness (QED) is 0.711. The Bertz CT molecular complexity index is 228. The van der Waals surface area contributed by atoms with Crippen LogP contribution < -0.4 is 0 Å². The molecule has 0 N–H and O–H groups in total. The van der Waals surface area contributed by atoms with Gasteiger partial charge in [-0.3, -0.25) is 4.90 Å². The van der Waals surface area contributed by atoms with Crippen molar-refractivity contribution >= 4 is 0 Å². The molecule has 0 amide bonds. The second-order valence-electron chi connectivity index (χ2n) is 5.17. The summed E-state index contributed by atoms with van der Waals surface area (Å²) in [6.45, 7) is 9.24. The van der Waals surface area contributed by atoms with Crippen LogP contribution in [0.25, 0.3) is 0 Å². The van der Waals surface area contributed by atoms with Crippen LogP contribution in [0.15, 0.2) is 0 Å². The van der Waals surface area contributed by atoms with Crippen molar-refractivity contribution in [1.29, 1.82) is 5.26 Å². The summed E-state index contributed by atoms with van der Waals surface area (Å²) in [7, 11) is 0. The third kappa shape index (κ3) is 2.98. The van der Waals surface area contributed by atoms with Gasteiger partial charge in [0.15, 0.2) is 0 Å². The topological polar surface area (TPSA) is 27.0 Å². The van der Waals surface area contributed by atoms with Gasteiger partial charge in [-0.15, -0.1) is 0 Å². The SMILES string of the molecule is CCC(CC#N)N1CCC(CC)(CC)CC1. The lowest BCUT2D eigenvalue weighted by Crippen LogP contribution is -2.44. The first-order valence-electron chi connectivity index (χ1n) is 6.82. The fraction of sp³-hybridized carbons (Fsp3) is 0.929. The van der Waals surface area contributed by atoms with Gasteiger partial charge in [0, 0.05) is 6.04 Å². The van der Waals surface area contributed by atoms with Crippen LogP contribution >= 0.6 is 0 Å². The zero-order chi connectivity index (χ0) is 12.0. The van der Waals surface area contributed by atoms with Crippen molar-refractivity contribution in [3.8, 4) is 6.07 Å². The molecule has 0 saturated carbocycles. The van der Waals surface area contributed by atoms with Gasteiger partial charge in [-0.2, -0.15) is 5.26 Å².